The third-order valence-electron chi connectivity index (χ3n) is 3.71. The molecule has 0 fully saturated rings. The zero-order valence-corrected chi connectivity index (χ0v) is 11.7. The van der Waals surface area contributed by atoms with Crippen LogP contribution < -0.4 is 5.32 Å². The van der Waals surface area contributed by atoms with Gasteiger partial charge < -0.3 is 15.4 Å². The van der Waals surface area contributed by atoms with Crippen LogP contribution in [0.2, 0.25) is 0 Å². The summed E-state index contributed by atoms with van der Waals surface area (Å²) in [5.41, 5.74) is 4.45. The van der Waals surface area contributed by atoms with Crippen molar-refractivity contribution in [1.29, 1.82) is 0 Å². The SMILES string of the molecule is CC1(C)Nc2c([nH]c3c2CCCC3O)C=C1Br. The fourth-order valence-electron chi connectivity index (χ4n) is 2.67. The van der Waals surface area contributed by atoms with Crippen LogP contribution in [-0.2, 0) is 6.42 Å². The number of aliphatic hydroxyl groups excluding tert-OH is 1. The summed E-state index contributed by atoms with van der Waals surface area (Å²) in [5.74, 6) is 0. The van der Waals surface area contributed by atoms with Crippen molar-refractivity contribution in [1.82, 2.24) is 4.98 Å². The molecule has 1 aliphatic heterocycles. The molecule has 1 atom stereocenters. The van der Waals surface area contributed by atoms with Gasteiger partial charge in [-0.2, -0.15) is 0 Å². The monoisotopic (exact) mass is 296 g/mol. The van der Waals surface area contributed by atoms with Crippen LogP contribution in [0.3, 0.4) is 0 Å². The standard InChI is InChI=1S/C13H17BrN2O/c1-13(2)10(14)6-8-11(16-13)7-4-3-5-9(17)12(7)15-8/h6,9,15-17H,3-5H2,1-2H3. The van der Waals surface area contributed by atoms with Crippen molar-refractivity contribution >= 4 is 27.7 Å². The minimum absolute atomic E-state index is 0.0780. The van der Waals surface area contributed by atoms with E-state index in [1.54, 1.807) is 0 Å². The lowest BCUT2D eigenvalue weighted by atomic mass is 9.92. The number of aliphatic hydroxyl groups is 1. The van der Waals surface area contributed by atoms with Gasteiger partial charge in [-0.15, -0.1) is 0 Å². The second-order valence-corrected chi connectivity index (χ2v) is 6.31. The molecule has 17 heavy (non-hydrogen) atoms. The first-order valence-corrected chi connectivity index (χ1v) is 6.87. The Morgan fingerprint density at radius 2 is 2.24 bits per heavy atom. The molecular weight excluding hydrogens is 280 g/mol. The number of halogens is 1. The van der Waals surface area contributed by atoms with Gasteiger partial charge in [0.15, 0.2) is 0 Å². The Kier molecular flexibility index (Phi) is 2.42. The van der Waals surface area contributed by atoms with Crippen molar-refractivity contribution in [2.24, 2.45) is 0 Å². The number of hydrogen-bond acceptors (Lipinski definition) is 2. The molecule has 0 radical (unpaired) electrons. The van der Waals surface area contributed by atoms with Gasteiger partial charge in [0.25, 0.3) is 0 Å². The highest BCUT2D eigenvalue weighted by Crippen LogP contribution is 2.43. The average molecular weight is 297 g/mol. The fraction of sp³-hybridized carbons (Fsp3) is 0.538. The van der Waals surface area contributed by atoms with Crippen molar-refractivity contribution in [2.75, 3.05) is 5.32 Å². The number of H-pyrrole nitrogens is 1. The maximum absolute atomic E-state index is 10.0. The number of nitrogens with one attached hydrogen (secondary N) is 2. The largest absolute Gasteiger partial charge is 0.387 e. The first kappa shape index (κ1) is 11.4. The molecule has 0 saturated carbocycles. The van der Waals surface area contributed by atoms with Crippen LogP contribution in [-0.4, -0.2) is 15.6 Å². The zero-order chi connectivity index (χ0) is 12.2. The average Bonchev–Trinajstić information content (AvgIpc) is 2.58. The molecule has 0 amide bonds. The number of fused-ring (bicyclic) bond motifs is 3. The Morgan fingerprint density at radius 3 is 3.00 bits per heavy atom. The van der Waals surface area contributed by atoms with Gasteiger partial charge in [-0.3, -0.25) is 0 Å². The van der Waals surface area contributed by atoms with E-state index >= 15 is 0 Å². The molecule has 3 rings (SSSR count). The van der Waals surface area contributed by atoms with E-state index in [1.807, 2.05) is 0 Å². The Hall–Kier alpha value is -0.740. The van der Waals surface area contributed by atoms with Gasteiger partial charge in [-0.05, 0) is 44.7 Å². The summed E-state index contributed by atoms with van der Waals surface area (Å²) in [7, 11) is 0. The van der Waals surface area contributed by atoms with Crippen LogP contribution >= 0.6 is 15.9 Å². The number of rotatable bonds is 0. The molecule has 0 saturated heterocycles. The van der Waals surface area contributed by atoms with Crippen LogP contribution in [0.1, 0.15) is 49.7 Å². The van der Waals surface area contributed by atoms with Gasteiger partial charge in [0, 0.05) is 10.2 Å². The smallest absolute Gasteiger partial charge is 0.0941 e. The molecule has 3 nitrogen and oxygen atoms in total. The number of aromatic nitrogens is 1. The normalized spacial score (nSPS) is 25.6. The third kappa shape index (κ3) is 1.66. The predicted octanol–water partition coefficient (Wildman–Crippen LogP) is 3.32. The van der Waals surface area contributed by atoms with E-state index in [9.17, 15) is 5.11 Å². The van der Waals surface area contributed by atoms with E-state index in [0.29, 0.717) is 0 Å². The first-order chi connectivity index (χ1) is 7.99. The highest BCUT2D eigenvalue weighted by atomic mass is 79.9. The Morgan fingerprint density at radius 1 is 1.47 bits per heavy atom. The molecule has 1 aromatic rings. The van der Waals surface area contributed by atoms with Crippen LogP contribution in [0.5, 0.6) is 0 Å². The molecule has 2 aliphatic rings. The molecule has 0 bridgehead atoms. The summed E-state index contributed by atoms with van der Waals surface area (Å²) in [4.78, 5) is 3.35. The number of hydrogen-bond donors (Lipinski definition) is 3. The summed E-state index contributed by atoms with van der Waals surface area (Å²) >= 11 is 3.60. The van der Waals surface area contributed by atoms with Gasteiger partial charge in [-0.1, -0.05) is 15.9 Å². The minimum atomic E-state index is -0.332. The number of anilines is 1. The van der Waals surface area contributed by atoms with Crippen LogP contribution in [0, 0.1) is 0 Å². The first-order valence-electron chi connectivity index (χ1n) is 6.08. The van der Waals surface area contributed by atoms with Crippen molar-refractivity contribution in [3.05, 3.63) is 21.4 Å². The maximum Gasteiger partial charge on any atom is 0.0941 e. The molecule has 1 aliphatic carbocycles. The van der Waals surface area contributed by atoms with E-state index in [1.165, 1.54) is 11.3 Å². The Labute approximate surface area is 109 Å². The van der Waals surface area contributed by atoms with Gasteiger partial charge in [-0.25, -0.2) is 0 Å². The maximum atomic E-state index is 10.0. The summed E-state index contributed by atoms with van der Waals surface area (Å²) in [6.45, 7) is 4.30. The van der Waals surface area contributed by atoms with Crippen molar-refractivity contribution in [2.45, 2.75) is 44.8 Å². The highest BCUT2D eigenvalue weighted by Gasteiger charge is 2.32. The Bertz CT molecular complexity index is 502. The lowest BCUT2D eigenvalue weighted by Gasteiger charge is -2.32. The zero-order valence-electron chi connectivity index (χ0n) is 10.1. The molecule has 0 aromatic carbocycles. The molecule has 1 unspecified atom stereocenters. The minimum Gasteiger partial charge on any atom is -0.387 e. The van der Waals surface area contributed by atoms with E-state index in [-0.39, 0.29) is 11.6 Å². The number of aromatic amines is 1. The summed E-state index contributed by atoms with van der Waals surface area (Å²) in [6.07, 6.45) is 4.76. The van der Waals surface area contributed by atoms with Crippen LogP contribution in [0.25, 0.3) is 6.08 Å². The van der Waals surface area contributed by atoms with E-state index in [4.69, 9.17) is 0 Å². The topological polar surface area (TPSA) is 48.0 Å². The lowest BCUT2D eigenvalue weighted by Crippen LogP contribution is -2.33. The Balaban J connectivity index is 2.14. The molecular formula is C13H17BrN2O. The van der Waals surface area contributed by atoms with Gasteiger partial charge >= 0.3 is 0 Å². The lowest BCUT2D eigenvalue weighted by molar-refractivity contribution is 0.152. The fourth-order valence-corrected chi connectivity index (χ4v) is 3.00. The molecule has 3 N–H and O–H groups in total. The van der Waals surface area contributed by atoms with E-state index < -0.39 is 0 Å². The molecule has 92 valence electrons. The van der Waals surface area contributed by atoms with Crippen molar-refractivity contribution < 1.29 is 5.11 Å². The predicted molar refractivity (Wildman–Crippen MR) is 73.3 cm³/mol. The highest BCUT2D eigenvalue weighted by molar-refractivity contribution is 9.12. The molecule has 0 spiro atoms. The summed E-state index contributed by atoms with van der Waals surface area (Å²) in [6, 6.07) is 0. The molecule has 2 heterocycles. The summed E-state index contributed by atoms with van der Waals surface area (Å²) < 4.78 is 1.13. The third-order valence-corrected chi connectivity index (χ3v) is 4.93. The van der Waals surface area contributed by atoms with E-state index in [2.05, 4.69) is 46.2 Å². The van der Waals surface area contributed by atoms with Crippen molar-refractivity contribution in [3.63, 3.8) is 0 Å². The van der Waals surface area contributed by atoms with Crippen LogP contribution in [0.4, 0.5) is 5.69 Å². The molecule has 4 heteroatoms. The van der Waals surface area contributed by atoms with Gasteiger partial charge in [0.05, 0.1) is 23.0 Å². The van der Waals surface area contributed by atoms with Crippen molar-refractivity contribution in [3.8, 4) is 0 Å². The second-order valence-electron chi connectivity index (χ2n) is 5.46. The quantitative estimate of drug-likeness (QED) is 0.688. The van der Waals surface area contributed by atoms with Gasteiger partial charge in [0.1, 0.15) is 0 Å². The van der Waals surface area contributed by atoms with E-state index in [0.717, 1.165) is 35.1 Å². The molecule has 1 aromatic heterocycles. The van der Waals surface area contributed by atoms with Gasteiger partial charge in [0.2, 0.25) is 0 Å². The summed E-state index contributed by atoms with van der Waals surface area (Å²) in [5, 5.41) is 13.6. The van der Waals surface area contributed by atoms with Crippen LogP contribution in [0.15, 0.2) is 4.48 Å². The second kappa shape index (κ2) is 3.62.